The number of halogens is 1. The van der Waals surface area contributed by atoms with Gasteiger partial charge in [0.05, 0.1) is 5.69 Å². The predicted molar refractivity (Wildman–Crippen MR) is 73.9 cm³/mol. The predicted octanol–water partition coefficient (Wildman–Crippen LogP) is 2.95. The molecule has 0 atom stereocenters. The van der Waals surface area contributed by atoms with Gasteiger partial charge in [-0.05, 0) is 52.7 Å². The third-order valence-corrected chi connectivity index (χ3v) is 4.67. The molecule has 0 saturated carbocycles. The maximum atomic E-state index is 12.2. The summed E-state index contributed by atoms with van der Waals surface area (Å²) in [6.07, 6.45) is 3.06. The first-order chi connectivity index (χ1) is 8.49. The number of hydrogen-bond donors (Lipinski definition) is 1. The van der Waals surface area contributed by atoms with Crippen LogP contribution >= 0.6 is 15.9 Å². The van der Waals surface area contributed by atoms with Crippen LogP contribution in [0.1, 0.15) is 5.56 Å². The molecule has 0 spiro atoms. The average Bonchev–Trinajstić information content (AvgIpc) is 2.29. The molecule has 0 aliphatic heterocycles. The number of aromatic nitrogens is 1. The van der Waals surface area contributed by atoms with Gasteiger partial charge in [0.2, 0.25) is 0 Å². The van der Waals surface area contributed by atoms with Crippen LogP contribution in [0.25, 0.3) is 0 Å². The number of nitrogens with one attached hydrogen (secondary N) is 1. The third-order valence-electron chi connectivity index (χ3n) is 2.31. The Bertz CT molecular complexity index is 657. The van der Waals surface area contributed by atoms with E-state index in [1.807, 2.05) is 6.92 Å². The van der Waals surface area contributed by atoms with Crippen LogP contribution < -0.4 is 4.72 Å². The lowest BCUT2D eigenvalue weighted by Crippen LogP contribution is -2.13. The Morgan fingerprint density at radius 3 is 2.44 bits per heavy atom. The number of benzene rings is 1. The summed E-state index contributed by atoms with van der Waals surface area (Å²) >= 11 is 3.26. The Labute approximate surface area is 114 Å². The maximum Gasteiger partial charge on any atom is 0.263 e. The van der Waals surface area contributed by atoms with Crippen LogP contribution in [0.4, 0.5) is 5.69 Å². The van der Waals surface area contributed by atoms with E-state index in [4.69, 9.17) is 0 Å². The van der Waals surface area contributed by atoms with Crippen molar-refractivity contribution in [2.45, 2.75) is 11.8 Å². The van der Waals surface area contributed by atoms with Crippen LogP contribution in [0, 0.1) is 6.92 Å². The molecule has 94 valence electrons. The summed E-state index contributed by atoms with van der Waals surface area (Å²) in [4.78, 5) is 4.05. The van der Waals surface area contributed by atoms with Crippen LogP contribution in [0.3, 0.4) is 0 Å². The van der Waals surface area contributed by atoms with Crippen molar-refractivity contribution in [3.05, 3.63) is 52.8 Å². The highest BCUT2D eigenvalue weighted by molar-refractivity contribution is 9.10. The van der Waals surface area contributed by atoms with Crippen molar-refractivity contribution in [1.82, 2.24) is 4.98 Å². The zero-order valence-electron chi connectivity index (χ0n) is 9.59. The van der Waals surface area contributed by atoms with Gasteiger partial charge in [-0.3, -0.25) is 9.71 Å². The van der Waals surface area contributed by atoms with E-state index >= 15 is 0 Å². The fourth-order valence-corrected chi connectivity index (χ4v) is 3.71. The Morgan fingerprint density at radius 2 is 1.83 bits per heavy atom. The van der Waals surface area contributed by atoms with Crippen LogP contribution in [0.15, 0.2) is 52.1 Å². The summed E-state index contributed by atoms with van der Waals surface area (Å²) in [5, 5.41) is 0. The highest BCUT2D eigenvalue weighted by atomic mass is 79.9. The fourth-order valence-electron chi connectivity index (χ4n) is 1.45. The van der Waals surface area contributed by atoms with Crippen LogP contribution in [0.2, 0.25) is 0 Å². The molecule has 2 aromatic rings. The summed E-state index contributed by atoms with van der Waals surface area (Å²) in [5.74, 6) is 0. The highest BCUT2D eigenvalue weighted by Crippen LogP contribution is 2.24. The largest absolute Gasteiger partial charge is 0.279 e. The molecule has 0 saturated heterocycles. The molecular weight excluding hydrogens is 316 g/mol. The van der Waals surface area contributed by atoms with Crippen molar-refractivity contribution in [3.63, 3.8) is 0 Å². The molecule has 18 heavy (non-hydrogen) atoms. The van der Waals surface area contributed by atoms with Gasteiger partial charge in [-0.15, -0.1) is 0 Å². The molecule has 4 nitrogen and oxygen atoms in total. The lowest BCUT2D eigenvalue weighted by Gasteiger charge is -2.09. The zero-order valence-corrected chi connectivity index (χ0v) is 12.0. The monoisotopic (exact) mass is 326 g/mol. The molecule has 1 N–H and O–H groups in total. The lowest BCUT2D eigenvalue weighted by molar-refractivity contribution is 0.600. The van der Waals surface area contributed by atoms with Crippen molar-refractivity contribution in [2.75, 3.05) is 4.72 Å². The van der Waals surface area contributed by atoms with E-state index in [0.29, 0.717) is 10.2 Å². The summed E-state index contributed by atoms with van der Waals surface area (Å²) < 4.78 is 27.4. The van der Waals surface area contributed by atoms with Crippen molar-refractivity contribution >= 4 is 31.6 Å². The van der Waals surface area contributed by atoms with Gasteiger partial charge in [-0.2, -0.15) is 0 Å². The van der Waals surface area contributed by atoms with E-state index in [1.165, 1.54) is 12.4 Å². The molecular formula is C12H11BrN2O2S. The number of rotatable bonds is 3. The number of aryl methyl sites for hydroxylation is 1. The minimum absolute atomic E-state index is 0.213. The minimum Gasteiger partial charge on any atom is -0.279 e. The topological polar surface area (TPSA) is 59.1 Å². The Morgan fingerprint density at radius 1 is 1.17 bits per heavy atom. The van der Waals surface area contributed by atoms with Crippen LogP contribution in [-0.4, -0.2) is 13.4 Å². The number of hydrogen-bond acceptors (Lipinski definition) is 3. The van der Waals surface area contributed by atoms with Gasteiger partial charge in [0.25, 0.3) is 10.0 Å². The van der Waals surface area contributed by atoms with Gasteiger partial charge in [0.15, 0.2) is 0 Å². The van der Waals surface area contributed by atoms with Gasteiger partial charge in [0.1, 0.15) is 4.90 Å². The van der Waals surface area contributed by atoms with Gasteiger partial charge in [0, 0.05) is 16.9 Å². The van der Waals surface area contributed by atoms with Gasteiger partial charge < -0.3 is 0 Å². The number of anilines is 1. The first-order valence-electron chi connectivity index (χ1n) is 5.18. The number of nitrogens with zero attached hydrogens (tertiary/aromatic N) is 1. The molecule has 0 bridgehead atoms. The normalized spacial score (nSPS) is 11.2. The summed E-state index contributed by atoms with van der Waals surface area (Å²) in [6.45, 7) is 1.90. The zero-order chi connectivity index (χ0) is 13.2. The Kier molecular flexibility index (Phi) is 3.68. The average molecular weight is 327 g/mol. The van der Waals surface area contributed by atoms with Crippen molar-refractivity contribution in [1.29, 1.82) is 0 Å². The fraction of sp³-hybridized carbons (Fsp3) is 0.0833. The van der Waals surface area contributed by atoms with Crippen LogP contribution in [-0.2, 0) is 10.0 Å². The van der Waals surface area contributed by atoms with Crippen molar-refractivity contribution in [2.24, 2.45) is 0 Å². The lowest BCUT2D eigenvalue weighted by atomic mass is 10.2. The molecule has 0 aliphatic carbocycles. The van der Waals surface area contributed by atoms with Gasteiger partial charge >= 0.3 is 0 Å². The number of sulfonamides is 1. The van der Waals surface area contributed by atoms with Crippen molar-refractivity contribution in [3.8, 4) is 0 Å². The van der Waals surface area contributed by atoms with E-state index in [9.17, 15) is 8.42 Å². The van der Waals surface area contributed by atoms with E-state index < -0.39 is 10.0 Å². The van der Waals surface area contributed by atoms with Gasteiger partial charge in [-0.1, -0.05) is 6.07 Å². The minimum atomic E-state index is -3.59. The van der Waals surface area contributed by atoms with E-state index in [1.54, 1.807) is 30.3 Å². The molecule has 0 amide bonds. The Balaban J connectivity index is 2.37. The molecule has 0 unspecified atom stereocenters. The highest BCUT2D eigenvalue weighted by Gasteiger charge is 2.17. The molecule has 2 rings (SSSR count). The SMILES string of the molecule is Cc1ccc(S(=O)(=O)Nc2ccncc2)c(Br)c1. The summed E-state index contributed by atoms with van der Waals surface area (Å²) in [7, 11) is -3.59. The van der Waals surface area contributed by atoms with Gasteiger partial charge in [-0.25, -0.2) is 8.42 Å². The van der Waals surface area contributed by atoms with Crippen LogP contribution in [0.5, 0.6) is 0 Å². The molecule has 0 aliphatic rings. The molecule has 1 aromatic heterocycles. The van der Waals surface area contributed by atoms with E-state index in [-0.39, 0.29) is 4.90 Å². The summed E-state index contributed by atoms with van der Waals surface area (Å²) in [5.41, 5.74) is 1.47. The summed E-state index contributed by atoms with van der Waals surface area (Å²) in [6, 6.07) is 8.29. The standard InChI is InChI=1S/C12H11BrN2O2S/c1-9-2-3-12(11(13)8-9)18(16,17)15-10-4-6-14-7-5-10/h2-8H,1H3,(H,14,15). The first-order valence-corrected chi connectivity index (χ1v) is 7.46. The molecule has 1 aromatic carbocycles. The second-order valence-corrected chi connectivity index (χ2v) is 6.28. The quantitative estimate of drug-likeness (QED) is 0.943. The van der Waals surface area contributed by atoms with Crippen molar-refractivity contribution < 1.29 is 8.42 Å². The first kappa shape index (κ1) is 13.0. The molecule has 6 heteroatoms. The van der Waals surface area contributed by atoms with E-state index in [2.05, 4.69) is 25.6 Å². The second kappa shape index (κ2) is 5.07. The molecule has 0 radical (unpaired) electrons. The Hall–Kier alpha value is -1.40. The smallest absolute Gasteiger partial charge is 0.263 e. The number of pyridine rings is 1. The van der Waals surface area contributed by atoms with E-state index in [0.717, 1.165) is 5.56 Å². The molecule has 0 fully saturated rings. The third kappa shape index (κ3) is 2.88. The molecule has 1 heterocycles. The maximum absolute atomic E-state index is 12.2. The second-order valence-electron chi connectivity index (χ2n) is 3.78.